The van der Waals surface area contributed by atoms with Gasteiger partial charge in [0, 0.05) is 12.4 Å². The lowest BCUT2D eigenvalue weighted by atomic mass is 10.4. The van der Waals surface area contributed by atoms with Crippen molar-refractivity contribution in [2.45, 2.75) is 0 Å². The fourth-order valence-corrected chi connectivity index (χ4v) is 1.37. The van der Waals surface area contributed by atoms with Gasteiger partial charge in [0.2, 0.25) is 10.3 Å². The molecule has 2 aromatic heterocycles. The van der Waals surface area contributed by atoms with E-state index in [-0.39, 0.29) is 11.6 Å². The Balaban J connectivity index is 2.11. The van der Waals surface area contributed by atoms with E-state index in [4.69, 9.17) is 5.73 Å². The molecule has 0 fully saturated rings. The van der Waals surface area contributed by atoms with Crippen LogP contribution >= 0.6 is 11.3 Å². The number of nitrogen functional groups attached to an aromatic ring is 1. The van der Waals surface area contributed by atoms with E-state index in [0.717, 1.165) is 11.3 Å². The second-order valence-electron chi connectivity index (χ2n) is 2.49. The second kappa shape index (κ2) is 3.96. The van der Waals surface area contributed by atoms with Crippen molar-refractivity contribution in [2.24, 2.45) is 0 Å². The first-order valence-corrected chi connectivity index (χ1v) is 4.73. The number of anilines is 2. The van der Waals surface area contributed by atoms with Gasteiger partial charge in [-0.15, -0.1) is 10.2 Å². The molecule has 0 bridgehead atoms. The largest absolute Gasteiger partial charge is 0.374 e. The van der Waals surface area contributed by atoms with Gasteiger partial charge in [-0.3, -0.25) is 15.1 Å². The summed E-state index contributed by atoms with van der Waals surface area (Å²) >= 11 is 1.09. The van der Waals surface area contributed by atoms with Crippen LogP contribution in [0.1, 0.15) is 10.5 Å². The normalized spacial score (nSPS) is 9.87. The SMILES string of the molecule is Nc1nnc(NC(=O)c2cnccn2)s1. The predicted octanol–water partition coefficient (Wildman–Crippen LogP) is 0.163. The molecule has 76 valence electrons. The van der Waals surface area contributed by atoms with Gasteiger partial charge in [-0.05, 0) is 0 Å². The van der Waals surface area contributed by atoms with Crippen LogP contribution in [0.2, 0.25) is 0 Å². The quantitative estimate of drug-likeness (QED) is 0.749. The fraction of sp³-hybridized carbons (Fsp3) is 0. The van der Waals surface area contributed by atoms with Crippen LogP contribution in [-0.2, 0) is 0 Å². The van der Waals surface area contributed by atoms with Crippen molar-refractivity contribution in [1.29, 1.82) is 0 Å². The predicted molar refractivity (Wildman–Crippen MR) is 54.3 cm³/mol. The number of amides is 1. The second-order valence-corrected chi connectivity index (χ2v) is 3.50. The topological polar surface area (TPSA) is 107 Å². The van der Waals surface area contributed by atoms with Crippen LogP contribution < -0.4 is 11.1 Å². The van der Waals surface area contributed by atoms with Gasteiger partial charge in [0.05, 0.1) is 6.20 Å². The van der Waals surface area contributed by atoms with Gasteiger partial charge >= 0.3 is 0 Å². The lowest BCUT2D eigenvalue weighted by Crippen LogP contribution is -2.13. The average molecular weight is 222 g/mol. The minimum absolute atomic E-state index is 0.214. The molecule has 0 saturated heterocycles. The summed E-state index contributed by atoms with van der Waals surface area (Å²) in [5.41, 5.74) is 5.57. The summed E-state index contributed by atoms with van der Waals surface area (Å²) in [6.07, 6.45) is 4.28. The number of carbonyl (C=O) groups is 1. The van der Waals surface area contributed by atoms with Crippen LogP contribution in [-0.4, -0.2) is 26.1 Å². The Labute approximate surface area is 88.4 Å². The molecule has 0 aliphatic carbocycles. The van der Waals surface area contributed by atoms with Crippen molar-refractivity contribution in [3.05, 3.63) is 24.3 Å². The number of carbonyl (C=O) groups excluding carboxylic acids is 1. The molecule has 1 amide bonds. The highest BCUT2D eigenvalue weighted by Gasteiger charge is 2.09. The average Bonchev–Trinajstić information content (AvgIpc) is 2.65. The number of nitrogens with one attached hydrogen (secondary N) is 1. The minimum atomic E-state index is -0.390. The van der Waals surface area contributed by atoms with Crippen LogP contribution in [0.25, 0.3) is 0 Å². The van der Waals surface area contributed by atoms with Crippen molar-refractivity contribution in [1.82, 2.24) is 20.2 Å². The monoisotopic (exact) mass is 222 g/mol. The van der Waals surface area contributed by atoms with Crippen molar-refractivity contribution >= 4 is 27.5 Å². The number of nitrogens with zero attached hydrogens (tertiary/aromatic N) is 4. The molecule has 0 radical (unpaired) electrons. The number of aromatic nitrogens is 4. The summed E-state index contributed by atoms with van der Waals surface area (Å²) in [6, 6.07) is 0. The summed E-state index contributed by atoms with van der Waals surface area (Å²) in [7, 11) is 0. The molecule has 0 aromatic carbocycles. The number of hydrogen-bond acceptors (Lipinski definition) is 7. The number of nitrogens with two attached hydrogens (primary N) is 1. The number of hydrogen-bond donors (Lipinski definition) is 2. The van der Waals surface area contributed by atoms with E-state index in [9.17, 15) is 4.79 Å². The zero-order chi connectivity index (χ0) is 10.7. The van der Waals surface area contributed by atoms with E-state index in [1.165, 1.54) is 18.6 Å². The van der Waals surface area contributed by atoms with Gasteiger partial charge < -0.3 is 5.73 Å². The smallest absolute Gasteiger partial charge is 0.277 e. The molecule has 7 nitrogen and oxygen atoms in total. The van der Waals surface area contributed by atoms with Gasteiger partial charge in [-0.1, -0.05) is 11.3 Å². The zero-order valence-electron chi connectivity index (χ0n) is 7.41. The molecule has 0 atom stereocenters. The lowest BCUT2D eigenvalue weighted by molar-refractivity contribution is 0.102. The Bertz CT molecular complexity index is 469. The Morgan fingerprint density at radius 1 is 1.40 bits per heavy atom. The first-order valence-electron chi connectivity index (χ1n) is 3.92. The van der Waals surface area contributed by atoms with Crippen LogP contribution in [0.4, 0.5) is 10.3 Å². The maximum atomic E-state index is 11.5. The molecule has 0 aliphatic rings. The van der Waals surface area contributed by atoms with E-state index < -0.39 is 0 Å². The highest BCUT2D eigenvalue weighted by atomic mass is 32.1. The van der Waals surface area contributed by atoms with Gasteiger partial charge in [0.15, 0.2) is 0 Å². The molecule has 0 aliphatic heterocycles. The third kappa shape index (κ3) is 2.23. The maximum absolute atomic E-state index is 11.5. The molecule has 2 aromatic rings. The third-order valence-corrected chi connectivity index (χ3v) is 2.12. The molecule has 0 unspecified atom stereocenters. The molecule has 15 heavy (non-hydrogen) atoms. The molecule has 2 rings (SSSR count). The van der Waals surface area contributed by atoms with Crippen molar-refractivity contribution in [3.63, 3.8) is 0 Å². The van der Waals surface area contributed by atoms with E-state index in [1.807, 2.05) is 0 Å². The Morgan fingerprint density at radius 2 is 2.27 bits per heavy atom. The molecule has 0 saturated carbocycles. The van der Waals surface area contributed by atoms with E-state index in [1.54, 1.807) is 0 Å². The van der Waals surface area contributed by atoms with Crippen molar-refractivity contribution in [3.8, 4) is 0 Å². The third-order valence-electron chi connectivity index (χ3n) is 1.46. The zero-order valence-corrected chi connectivity index (χ0v) is 8.23. The maximum Gasteiger partial charge on any atom is 0.277 e. The summed E-state index contributed by atoms with van der Waals surface area (Å²) < 4.78 is 0. The van der Waals surface area contributed by atoms with Crippen molar-refractivity contribution < 1.29 is 4.79 Å². The summed E-state index contributed by atoms with van der Waals surface area (Å²) in [6.45, 7) is 0. The highest BCUT2D eigenvalue weighted by molar-refractivity contribution is 7.19. The first-order chi connectivity index (χ1) is 7.25. The Kier molecular flexibility index (Phi) is 2.50. The van der Waals surface area contributed by atoms with E-state index >= 15 is 0 Å². The van der Waals surface area contributed by atoms with E-state index in [0.29, 0.717) is 10.3 Å². The molecule has 0 spiro atoms. The van der Waals surface area contributed by atoms with Gasteiger partial charge in [0.25, 0.3) is 5.91 Å². The number of rotatable bonds is 2. The van der Waals surface area contributed by atoms with Crippen molar-refractivity contribution in [2.75, 3.05) is 11.1 Å². The molecule has 2 heterocycles. The summed E-state index contributed by atoms with van der Waals surface area (Å²) in [4.78, 5) is 19.1. The first kappa shape index (κ1) is 9.46. The minimum Gasteiger partial charge on any atom is -0.374 e. The fourth-order valence-electron chi connectivity index (χ4n) is 0.863. The van der Waals surface area contributed by atoms with Gasteiger partial charge in [0.1, 0.15) is 5.69 Å². The van der Waals surface area contributed by atoms with Gasteiger partial charge in [-0.2, -0.15) is 0 Å². The van der Waals surface area contributed by atoms with Crippen LogP contribution in [0, 0.1) is 0 Å². The standard InChI is InChI=1S/C7H6N6OS/c8-6-12-13-7(15-6)11-5(14)4-3-9-1-2-10-4/h1-3H,(H2,8,12)(H,11,13,14). The van der Waals surface area contributed by atoms with Gasteiger partial charge in [-0.25, -0.2) is 4.98 Å². The Hall–Kier alpha value is -2.09. The highest BCUT2D eigenvalue weighted by Crippen LogP contribution is 2.16. The molecular weight excluding hydrogens is 216 g/mol. The molecule has 3 N–H and O–H groups in total. The van der Waals surface area contributed by atoms with Crippen LogP contribution in [0.3, 0.4) is 0 Å². The summed E-state index contributed by atoms with van der Waals surface area (Å²) in [5.74, 6) is -0.390. The molecular formula is C7H6N6OS. The molecule has 8 heteroatoms. The van der Waals surface area contributed by atoms with E-state index in [2.05, 4.69) is 25.5 Å². The lowest BCUT2D eigenvalue weighted by Gasteiger charge is -1.97. The van der Waals surface area contributed by atoms with Crippen LogP contribution in [0.5, 0.6) is 0 Å². The summed E-state index contributed by atoms with van der Waals surface area (Å²) in [5, 5.41) is 10.3. The van der Waals surface area contributed by atoms with Crippen LogP contribution in [0.15, 0.2) is 18.6 Å². The Morgan fingerprint density at radius 3 is 2.87 bits per heavy atom.